The maximum atomic E-state index is 12.6. The first-order valence-electron chi connectivity index (χ1n) is 8.61. The number of carbonyl (C=O) groups excluding carboxylic acids is 1. The van der Waals surface area contributed by atoms with Crippen LogP contribution in [0, 0.1) is 0 Å². The third-order valence-electron chi connectivity index (χ3n) is 4.48. The van der Waals surface area contributed by atoms with E-state index >= 15 is 0 Å². The molecule has 140 valence electrons. The van der Waals surface area contributed by atoms with Crippen LogP contribution in [-0.4, -0.2) is 57.0 Å². The molecule has 1 aromatic rings. The van der Waals surface area contributed by atoms with Crippen LogP contribution in [0.2, 0.25) is 0 Å². The third kappa shape index (κ3) is 5.52. The number of carbonyl (C=O) groups is 1. The quantitative estimate of drug-likeness (QED) is 0.786. The number of amides is 1. The van der Waals surface area contributed by atoms with Crippen LogP contribution in [-0.2, 0) is 32.5 Å². The van der Waals surface area contributed by atoms with Gasteiger partial charge < -0.3 is 15.0 Å². The van der Waals surface area contributed by atoms with E-state index in [4.69, 9.17) is 4.74 Å². The fourth-order valence-electron chi connectivity index (χ4n) is 2.90. The van der Waals surface area contributed by atoms with Gasteiger partial charge in [-0.15, -0.1) is 0 Å². The molecule has 0 saturated carbocycles. The van der Waals surface area contributed by atoms with Crippen molar-refractivity contribution in [3.05, 3.63) is 35.4 Å². The molecule has 1 atom stereocenters. The van der Waals surface area contributed by atoms with E-state index in [0.717, 1.165) is 12.1 Å². The third-order valence-corrected chi connectivity index (χ3v) is 7.08. The van der Waals surface area contributed by atoms with Gasteiger partial charge in [-0.1, -0.05) is 24.3 Å². The molecule has 0 bridgehead atoms. The highest BCUT2D eigenvalue weighted by Gasteiger charge is 2.36. The molecule has 0 unspecified atom stereocenters. The molecule has 1 heterocycles. The van der Waals surface area contributed by atoms with Crippen molar-refractivity contribution in [1.29, 1.82) is 0 Å². The van der Waals surface area contributed by atoms with Crippen molar-refractivity contribution < 1.29 is 17.9 Å². The summed E-state index contributed by atoms with van der Waals surface area (Å²) in [5, 5.41) is 1.23. The van der Waals surface area contributed by atoms with Crippen LogP contribution in [0.5, 0.6) is 0 Å². The minimum absolute atomic E-state index is 0.328. The first kappa shape index (κ1) is 19.9. The second-order valence-corrected chi connectivity index (χ2v) is 9.37. The fraction of sp³-hybridized carbons (Fsp3) is 0.611. The average molecular weight is 368 g/mol. The summed E-state index contributed by atoms with van der Waals surface area (Å²) >= 11 is 0. The van der Waals surface area contributed by atoms with Crippen molar-refractivity contribution in [3.63, 3.8) is 0 Å². The zero-order chi connectivity index (χ0) is 18.4. The van der Waals surface area contributed by atoms with Gasteiger partial charge in [0.1, 0.15) is 5.25 Å². The lowest BCUT2D eigenvalue weighted by atomic mass is 10.1. The first-order chi connectivity index (χ1) is 11.8. The number of ether oxygens (including phenoxy) is 1. The average Bonchev–Trinajstić information content (AvgIpc) is 2.60. The molecular formula is C18H28N2O4S. The molecule has 1 fully saturated rings. The SMILES string of the molecule is C[C@@H](C(=O)NCc1ccc(CN(C)C)cc1)S(=O)(=O)C1CCOCC1. The van der Waals surface area contributed by atoms with Gasteiger partial charge in [-0.05, 0) is 45.0 Å². The number of nitrogens with zero attached hydrogens (tertiary/aromatic N) is 1. The van der Waals surface area contributed by atoms with Crippen molar-refractivity contribution in [3.8, 4) is 0 Å². The Morgan fingerprint density at radius 2 is 1.76 bits per heavy atom. The lowest BCUT2D eigenvalue weighted by Gasteiger charge is -2.25. The van der Waals surface area contributed by atoms with E-state index in [2.05, 4.69) is 10.2 Å². The van der Waals surface area contributed by atoms with E-state index in [1.165, 1.54) is 12.5 Å². The summed E-state index contributed by atoms with van der Waals surface area (Å²) in [7, 11) is 0.533. The smallest absolute Gasteiger partial charge is 0.238 e. The Kier molecular flexibility index (Phi) is 6.98. The van der Waals surface area contributed by atoms with Crippen molar-refractivity contribution in [2.24, 2.45) is 0 Å². The normalized spacial score (nSPS) is 17.4. The standard InChI is InChI=1S/C18H28N2O4S/c1-14(25(22,23)17-8-10-24-11-9-17)18(21)19-12-15-4-6-16(7-5-15)13-20(2)3/h4-7,14,17H,8-13H2,1-3H3,(H,19,21)/t14-/m0/s1. The molecule has 0 aliphatic carbocycles. The molecule has 1 aliphatic rings. The molecule has 0 spiro atoms. The Bertz CT molecular complexity index is 665. The van der Waals surface area contributed by atoms with Crippen molar-refractivity contribution in [1.82, 2.24) is 10.2 Å². The molecule has 2 rings (SSSR count). The number of hydrogen-bond acceptors (Lipinski definition) is 5. The molecule has 0 radical (unpaired) electrons. The molecule has 6 nitrogen and oxygen atoms in total. The first-order valence-corrected chi connectivity index (χ1v) is 10.2. The van der Waals surface area contributed by atoms with Gasteiger partial charge in [0.05, 0.1) is 5.25 Å². The van der Waals surface area contributed by atoms with Crippen LogP contribution in [0.4, 0.5) is 0 Å². The summed E-state index contributed by atoms with van der Waals surface area (Å²) in [5.41, 5.74) is 2.14. The van der Waals surface area contributed by atoms with Crippen LogP contribution in [0.15, 0.2) is 24.3 Å². The number of nitrogens with one attached hydrogen (secondary N) is 1. The van der Waals surface area contributed by atoms with Crippen molar-refractivity contribution >= 4 is 15.7 Å². The van der Waals surface area contributed by atoms with E-state index in [1.807, 2.05) is 38.4 Å². The summed E-state index contributed by atoms with van der Waals surface area (Å²) in [6.45, 7) is 3.54. The molecule has 1 aliphatic heterocycles. The van der Waals surface area contributed by atoms with E-state index in [1.54, 1.807) is 0 Å². The molecule has 0 aromatic heterocycles. The fourth-order valence-corrected chi connectivity index (χ4v) is 4.71. The Morgan fingerprint density at radius 1 is 1.20 bits per heavy atom. The minimum atomic E-state index is -3.48. The molecule has 1 N–H and O–H groups in total. The summed E-state index contributed by atoms with van der Waals surface area (Å²) in [6, 6.07) is 7.95. The van der Waals surface area contributed by atoms with E-state index < -0.39 is 26.2 Å². The topological polar surface area (TPSA) is 75.7 Å². The van der Waals surface area contributed by atoms with Gasteiger partial charge in [-0.25, -0.2) is 8.42 Å². The Hall–Kier alpha value is -1.44. The highest BCUT2D eigenvalue weighted by atomic mass is 32.2. The second kappa shape index (κ2) is 8.78. The van der Waals surface area contributed by atoms with Gasteiger partial charge in [0.25, 0.3) is 0 Å². The second-order valence-electron chi connectivity index (χ2n) is 6.82. The lowest BCUT2D eigenvalue weighted by Crippen LogP contribution is -2.43. The number of sulfone groups is 1. The van der Waals surface area contributed by atoms with Crippen LogP contribution in [0.3, 0.4) is 0 Å². The van der Waals surface area contributed by atoms with Crippen LogP contribution < -0.4 is 5.32 Å². The van der Waals surface area contributed by atoms with Crippen molar-refractivity contribution in [2.75, 3.05) is 27.3 Å². The van der Waals surface area contributed by atoms with Gasteiger partial charge >= 0.3 is 0 Å². The summed E-state index contributed by atoms with van der Waals surface area (Å²) in [6.07, 6.45) is 0.931. The Morgan fingerprint density at radius 3 is 2.32 bits per heavy atom. The molecular weight excluding hydrogens is 340 g/mol. The minimum Gasteiger partial charge on any atom is -0.381 e. The van der Waals surface area contributed by atoms with Crippen molar-refractivity contribution in [2.45, 2.75) is 43.4 Å². The highest BCUT2D eigenvalue weighted by Crippen LogP contribution is 2.20. The highest BCUT2D eigenvalue weighted by molar-refractivity contribution is 7.93. The van der Waals surface area contributed by atoms with E-state index in [-0.39, 0.29) is 0 Å². The van der Waals surface area contributed by atoms with Crippen LogP contribution >= 0.6 is 0 Å². The van der Waals surface area contributed by atoms with Gasteiger partial charge in [-0.2, -0.15) is 0 Å². The zero-order valence-corrected chi connectivity index (χ0v) is 16.0. The largest absolute Gasteiger partial charge is 0.381 e. The monoisotopic (exact) mass is 368 g/mol. The maximum Gasteiger partial charge on any atom is 0.238 e. The zero-order valence-electron chi connectivity index (χ0n) is 15.2. The van der Waals surface area contributed by atoms with E-state index in [0.29, 0.717) is 32.6 Å². The lowest BCUT2D eigenvalue weighted by molar-refractivity contribution is -0.120. The number of hydrogen-bond donors (Lipinski definition) is 1. The van der Waals surface area contributed by atoms with Gasteiger partial charge in [0, 0.05) is 26.3 Å². The molecule has 25 heavy (non-hydrogen) atoms. The van der Waals surface area contributed by atoms with Crippen LogP contribution in [0.1, 0.15) is 30.9 Å². The Balaban J connectivity index is 1.90. The van der Waals surface area contributed by atoms with Gasteiger partial charge in [0.2, 0.25) is 5.91 Å². The molecule has 1 aromatic carbocycles. The van der Waals surface area contributed by atoms with E-state index in [9.17, 15) is 13.2 Å². The predicted molar refractivity (Wildman–Crippen MR) is 97.9 cm³/mol. The number of benzene rings is 1. The molecule has 1 saturated heterocycles. The molecule has 7 heteroatoms. The van der Waals surface area contributed by atoms with Gasteiger partial charge in [-0.3, -0.25) is 4.79 Å². The Labute approximate surface area is 150 Å². The predicted octanol–water partition coefficient (Wildman–Crippen LogP) is 1.35. The maximum absolute atomic E-state index is 12.6. The molecule has 1 amide bonds. The van der Waals surface area contributed by atoms with Crippen LogP contribution in [0.25, 0.3) is 0 Å². The summed E-state index contributed by atoms with van der Waals surface area (Å²) in [4.78, 5) is 14.4. The summed E-state index contributed by atoms with van der Waals surface area (Å²) in [5.74, 6) is -0.441. The summed E-state index contributed by atoms with van der Waals surface area (Å²) < 4.78 is 30.3. The number of rotatable bonds is 7. The van der Waals surface area contributed by atoms with Gasteiger partial charge in [0.15, 0.2) is 9.84 Å².